The third kappa shape index (κ3) is 20.0. The van der Waals surface area contributed by atoms with Crippen LogP contribution in [0.2, 0.25) is 0 Å². The summed E-state index contributed by atoms with van der Waals surface area (Å²) in [5.41, 5.74) is 0. The molecule has 0 bridgehead atoms. The van der Waals surface area contributed by atoms with Gasteiger partial charge in [0.1, 0.15) is 0 Å². The molecule has 0 aromatic rings. The number of aliphatic hydroxyl groups is 4. The van der Waals surface area contributed by atoms with Crippen molar-refractivity contribution >= 4 is 0 Å². The molecule has 0 spiro atoms. The van der Waals surface area contributed by atoms with Crippen LogP contribution in [0, 0.1) is 0 Å². The molecule has 1 atom stereocenters. The SMILES string of the molecule is CCCCC(O)CO.OCCCCCO. The Balaban J connectivity index is 0. The number of hydrogen-bond donors (Lipinski definition) is 4. The van der Waals surface area contributed by atoms with Crippen molar-refractivity contribution in [2.75, 3.05) is 19.8 Å². The van der Waals surface area contributed by atoms with Crippen molar-refractivity contribution in [1.29, 1.82) is 0 Å². The highest BCUT2D eigenvalue weighted by Crippen LogP contribution is 1.97. The molecule has 4 heteroatoms. The number of aliphatic hydroxyl groups excluding tert-OH is 4. The zero-order valence-electron chi connectivity index (χ0n) is 9.73. The van der Waals surface area contributed by atoms with Crippen LogP contribution in [0.1, 0.15) is 45.4 Å². The predicted molar refractivity (Wildman–Crippen MR) is 60.6 cm³/mol. The summed E-state index contributed by atoms with van der Waals surface area (Å²) in [7, 11) is 0. The Labute approximate surface area is 92.6 Å². The van der Waals surface area contributed by atoms with Gasteiger partial charge >= 0.3 is 0 Å². The van der Waals surface area contributed by atoms with E-state index in [1.54, 1.807) is 0 Å². The molecule has 0 amide bonds. The van der Waals surface area contributed by atoms with Crippen LogP contribution in [0.25, 0.3) is 0 Å². The summed E-state index contributed by atoms with van der Waals surface area (Å²) in [4.78, 5) is 0. The summed E-state index contributed by atoms with van der Waals surface area (Å²) in [5.74, 6) is 0. The van der Waals surface area contributed by atoms with Gasteiger partial charge in [-0.25, -0.2) is 0 Å². The zero-order valence-corrected chi connectivity index (χ0v) is 9.73. The molecule has 0 saturated carbocycles. The van der Waals surface area contributed by atoms with Crippen LogP contribution in [-0.2, 0) is 0 Å². The Hall–Kier alpha value is -0.160. The molecule has 0 rings (SSSR count). The molecule has 0 heterocycles. The van der Waals surface area contributed by atoms with E-state index >= 15 is 0 Å². The van der Waals surface area contributed by atoms with E-state index < -0.39 is 6.10 Å². The molecule has 0 aliphatic carbocycles. The van der Waals surface area contributed by atoms with Crippen molar-refractivity contribution in [1.82, 2.24) is 0 Å². The van der Waals surface area contributed by atoms with E-state index in [1.807, 2.05) is 0 Å². The summed E-state index contributed by atoms with van der Waals surface area (Å²) < 4.78 is 0. The fourth-order valence-corrected chi connectivity index (χ4v) is 0.931. The third-order valence-corrected chi connectivity index (χ3v) is 1.92. The average Bonchev–Trinajstić information content (AvgIpc) is 2.27. The molecule has 4 N–H and O–H groups in total. The maximum Gasteiger partial charge on any atom is 0.0770 e. The van der Waals surface area contributed by atoms with Crippen LogP contribution in [-0.4, -0.2) is 46.4 Å². The zero-order chi connectivity index (χ0) is 11.9. The molecule has 94 valence electrons. The monoisotopic (exact) mass is 222 g/mol. The first-order chi connectivity index (χ1) is 7.22. The minimum Gasteiger partial charge on any atom is -0.396 e. The van der Waals surface area contributed by atoms with Gasteiger partial charge in [-0.15, -0.1) is 0 Å². The first kappa shape index (κ1) is 17.2. The van der Waals surface area contributed by atoms with Crippen LogP contribution in [0.15, 0.2) is 0 Å². The molecule has 4 nitrogen and oxygen atoms in total. The maximum absolute atomic E-state index is 8.74. The van der Waals surface area contributed by atoms with Crippen molar-refractivity contribution in [2.24, 2.45) is 0 Å². The van der Waals surface area contributed by atoms with Gasteiger partial charge in [-0.3, -0.25) is 0 Å². The van der Waals surface area contributed by atoms with Crippen LogP contribution >= 0.6 is 0 Å². The van der Waals surface area contributed by atoms with E-state index in [0.29, 0.717) is 0 Å². The smallest absolute Gasteiger partial charge is 0.0770 e. The third-order valence-electron chi connectivity index (χ3n) is 1.92. The number of rotatable bonds is 8. The Morgan fingerprint density at radius 3 is 1.73 bits per heavy atom. The lowest BCUT2D eigenvalue weighted by molar-refractivity contribution is 0.0865. The molecule has 1 unspecified atom stereocenters. The van der Waals surface area contributed by atoms with Gasteiger partial charge in [0, 0.05) is 13.2 Å². The van der Waals surface area contributed by atoms with Crippen LogP contribution < -0.4 is 0 Å². The number of unbranched alkanes of at least 4 members (excludes halogenated alkanes) is 3. The first-order valence-corrected chi connectivity index (χ1v) is 5.73. The maximum atomic E-state index is 8.74. The Kier molecular flexibility index (Phi) is 18.7. The summed E-state index contributed by atoms with van der Waals surface area (Å²) >= 11 is 0. The van der Waals surface area contributed by atoms with Crippen molar-refractivity contribution < 1.29 is 20.4 Å². The second kappa shape index (κ2) is 16.3. The average molecular weight is 222 g/mol. The summed E-state index contributed by atoms with van der Waals surface area (Å²) in [6.45, 7) is 2.46. The van der Waals surface area contributed by atoms with E-state index in [1.165, 1.54) is 0 Å². The lowest BCUT2D eigenvalue weighted by atomic mass is 10.2. The standard InChI is InChI=1S/C6H14O2.C5H12O2/c1-2-3-4-6(8)5-7;6-4-2-1-3-5-7/h6-8H,2-5H2,1H3;6-7H,1-5H2. The molecule has 0 saturated heterocycles. The second-order valence-electron chi connectivity index (χ2n) is 3.49. The molecule has 0 aromatic carbocycles. The van der Waals surface area contributed by atoms with Crippen molar-refractivity contribution in [2.45, 2.75) is 51.6 Å². The topological polar surface area (TPSA) is 80.9 Å². The molecule has 0 fully saturated rings. The van der Waals surface area contributed by atoms with Gasteiger partial charge in [0.2, 0.25) is 0 Å². The highest BCUT2D eigenvalue weighted by atomic mass is 16.3. The lowest BCUT2D eigenvalue weighted by Gasteiger charge is -2.02. The normalized spacial score (nSPS) is 11.8. The largest absolute Gasteiger partial charge is 0.396 e. The summed E-state index contributed by atoms with van der Waals surface area (Å²) in [6.07, 6.45) is 4.90. The van der Waals surface area contributed by atoms with Gasteiger partial charge in [0.15, 0.2) is 0 Å². The van der Waals surface area contributed by atoms with Gasteiger partial charge in [-0.2, -0.15) is 0 Å². The molecule has 15 heavy (non-hydrogen) atoms. The Bertz CT molecular complexity index is 94.6. The van der Waals surface area contributed by atoms with Crippen LogP contribution in [0.5, 0.6) is 0 Å². The van der Waals surface area contributed by atoms with Gasteiger partial charge in [-0.05, 0) is 25.7 Å². The summed E-state index contributed by atoms with van der Waals surface area (Å²) in [6, 6.07) is 0. The van der Waals surface area contributed by atoms with Gasteiger partial charge in [0.25, 0.3) is 0 Å². The first-order valence-electron chi connectivity index (χ1n) is 5.73. The van der Waals surface area contributed by atoms with E-state index in [9.17, 15) is 0 Å². The van der Waals surface area contributed by atoms with Crippen molar-refractivity contribution in [3.63, 3.8) is 0 Å². The quantitative estimate of drug-likeness (QED) is 0.455. The lowest BCUT2D eigenvalue weighted by Crippen LogP contribution is -2.10. The van der Waals surface area contributed by atoms with E-state index in [4.69, 9.17) is 20.4 Å². The van der Waals surface area contributed by atoms with Crippen molar-refractivity contribution in [3.05, 3.63) is 0 Å². The molecular weight excluding hydrogens is 196 g/mol. The van der Waals surface area contributed by atoms with E-state index in [0.717, 1.165) is 38.5 Å². The fourth-order valence-electron chi connectivity index (χ4n) is 0.931. The van der Waals surface area contributed by atoms with Crippen molar-refractivity contribution in [3.8, 4) is 0 Å². The van der Waals surface area contributed by atoms with E-state index in [2.05, 4.69) is 6.92 Å². The highest BCUT2D eigenvalue weighted by molar-refractivity contribution is 4.50. The second-order valence-corrected chi connectivity index (χ2v) is 3.49. The molecule has 0 radical (unpaired) electrons. The fraction of sp³-hybridized carbons (Fsp3) is 1.00. The molecule has 0 aromatic heterocycles. The minimum atomic E-state index is -0.491. The Morgan fingerprint density at radius 2 is 1.40 bits per heavy atom. The minimum absolute atomic E-state index is 0.0972. The molecule has 0 aliphatic heterocycles. The van der Waals surface area contributed by atoms with Crippen LogP contribution in [0.3, 0.4) is 0 Å². The van der Waals surface area contributed by atoms with Gasteiger partial charge in [0.05, 0.1) is 12.7 Å². The summed E-state index contributed by atoms with van der Waals surface area (Å²) in [5, 5.41) is 33.5. The number of hydrogen-bond acceptors (Lipinski definition) is 4. The van der Waals surface area contributed by atoms with Gasteiger partial charge < -0.3 is 20.4 Å². The molecular formula is C11H26O4. The molecule has 0 aliphatic rings. The Morgan fingerprint density at radius 1 is 0.867 bits per heavy atom. The van der Waals surface area contributed by atoms with Gasteiger partial charge in [-0.1, -0.05) is 19.8 Å². The highest BCUT2D eigenvalue weighted by Gasteiger charge is 1.97. The van der Waals surface area contributed by atoms with Crippen LogP contribution in [0.4, 0.5) is 0 Å². The predicted octanol–water partition coefficient (Wildman–Crippen LogP) is 0.671. The van der Waals surface area contributed by atoms with E-state index in [-0.39, 0.29) is 19.8 Å².